The first kappa shape index (κ1) is 20.8. The van der Waals surface area contributed by atoms with Gasteiger partial charge in [-0.15, -0.1) is 0 Å². The normalized spacial score (nSPS) is 11.5. The van der Waals surface area contributed by atoms with E-state index in [2.05, 4.69) is 5.32 Å². The second-order valence-electron chi connectivity index (χ2n) is 7.00. The molecule has 31 heavy (non-hydrogen) atoms. The Morgan fingerprint density at radius 1 is 0.935 bits per heavy atom. The van der Waals surface area contributed by atoms with Crippen LogP contribution in [-0.2, 0) is 14.8 Å². The van der Waals surface area contributed by atoms with Crippen molar-refractivity contribution in [3.63, 3.8) is 0 Å². The molecule has 7 heteroatoms. The number of benzene rings is 3. The molecule has 0 saturated heterocycles. The molecule has 0 aliphatic rings. The Kier molecular flexibility index (Phi) is 5.88. The van der Waals surface area contributed by atoms with Crippen LogP contribution in [0.25, 0.3) is 22.0 Å². The van der Waals surface area contributed by atoms with Gasteiger partial charge in [-0.2, -0.15) is 0 Å². The van der Waals surface area contributed by atoms with Gasteiger partial charge in [-0.1, -0.05) is 48.5 Å². The van der Waals surface area contributed by atoms with Gasteiger partial charge in [0.1, 0.15) is 0 Å². The summed E-state index contributed by atoms with van der Waals surface area (Å²) >= 11 is 0. The van der Waals surface area contributed by atoms with Crippen molar-refractivity contribution < 1.29 is 17.9 Å². The quantitative estimate of drug-likeness (QED) is 0.447. The third-order valence-corrected chi connectivity index (χ3v) is 6.72. The van der Waals surface area contributed by atoms with Crippen molar-refractivity contribution in [2.45, 2.75) is 4.90 Å². The summed E-state index contributed by atoms with van der Waals surface area (Å²) in [5.74, 6) is -0.279. The topological polar surface area (TPSA) is 77.4 Å². The predicted molar refractivity (Wildman–Crippen MR) is 121 cm³/mol. The zero-order valence-electron chi connectivity index (χ0n) is 17.0. The van der Waals surface area contributed by atoms with Gasteiger partial charge in [-0.3, -0.25) is 4.79 Å². The highest BCUT2D eigenvalue weighted by Gasteiger charge is 2.22. The van der Waals surface area contributed by atoms with Crippen LogP contribution in [0.1, 0.15) is 10.4 Å². The van der Waals surface area contributed by atoms with E-state index in [1.165, 1.54) is 28.2 Å². The molecule has 4 rings (SSSR count). The summed E-state index contributed by atoms with van der Waals surface area (Å²) in [5.41, 5.74) is 2.77. The molecule has 0 aliphatic carbocycles. The number of amides is 1. The van der Waals surface area contributed by atoms with E-state index in [4.69, 9.17) is 4.74 Å². The van der Waals surface area contributed by atoms with Crippen LogP contribution in [0.4, 0.5) is 0 Å². The summed E-state index contributed by atoms with van der Waals surface area (Å²) < 4.78 is 33.1. The molecule has 1 heterocycles. The number of methoxy groups -OCH3 is 1. The molecule has 158 valence electrons. The van der Waals surface area contributed by atoms with Crippen molar-refractivity contribution in [3.8, 4) is 11.1 Å². The predicted octanol–water partition coefficient (Wildman–Crippen LogP) is 3.92. The molecule has 0 unspecified atom stereocenters. The lowest BCUT2D eigenvalue weighted by molar-refractivity contribution is 0.0937. The zero-order chi connectivity index (χ0) is 21.8. The molecule has 1 amide bonds. The molecule has 1 aromatic heterocycles. The van der Waals surface area contributed by atoms with Crippen LogP contribution in [0, 0.1) is 0 Å². The summed E-state index contributed by atoms with van der Waals surface area (Å²) in [5, 5.41) is 3.57. The van der Waals surface area contributed by atoms with Gasteiger partial charge >= 0.3 is 0 Å². The summed E-state index contributed by atoms with van der Waals surface area (Å²) in [6.45, 7) is 0.787. The van der Waals surface area contributed by atoms with Crippen LogP contribution in [0.2, 0.25) is 0 Å². The maximum Gasteiger partial charge on any atom is 0.268 e. The lowest BCUT2D eigenvalue weighted by Crippen LogP contribution is -2.26. The SMILES string of the molecule is COCCNC(=O)c1ccc(S(=O)(=O)n2cc(-c3ccccc3)c3ccccc32)cc1. The highest BCUT2D eigenvalue weighted by molar-refractivity contribution is 7.90. The van der Waals surface area contributed by atoms with Gasteiger partial charge < -0.3 is 10.1 Å². The third kappa shape index (κ3) is 4.10. The van der Waals surface area contributed by atoms with E-state index in [1.54, 1.807) is 19.4 Å². The standard InChI is InChI=1S/C24H22N2O4S/c1-30-16-15-25-24(27)19-11-13-20(14-12-19)31(28,29)26-17-22(18-7-3-2-4-8-18)21-9-5-6-10-23(21)26/h2-14,17H,15-16H2,1H3,(H,25,27). The van der Waals surface area contributed by atoms with Gasteiger partial charge in [-0.25, -0.2) is 12.4 Å². The minimum Gasteiger partial charge on any atom is -0.383 e. The minimum absolute atomic E-state index is 0.112. The fraction of sp³-hybridized carbons (Fsp3) is 0.125. The van der Waals surface area contributed by atoms with Crippen LogP contribution in [0.3, 0.4) is 0 Å². The van der Waals surface area contributed by atoms with Crippen LogP contribution >= 0.6 is 0 Å². The second kappa shape index (κ2) is 8.75. The smallest absolute Gasteiger partial charge is 0.268 e. The number of carbonyl (C=O) groups excluding carboxylic acids is 1. The van der Waals surface area contributed by atoms with Crippen LogP contribution in [0.5, 0.6) is 0 Å². The zero-order valence-corrected chi connectivity index (χ0v) is 17.8. The number of nitrogens with one attached hydrogen (secondary N) is 1. The Labute approximate surface area is 181 Å². The third-order valence-electron chi connectivity index (χ3n) is 5.03. The molecule has 0 atom stereocenters. The average Bonchev–Trinajstić information content (AvgIpc) is 3.20. The van der Waals surface area contributed by atoms with E-state index in [0.717, 1.165) is 16.5 Å². The van der Waals surface area contributed by atoms with Gasteiger partial charge in [-0.05, 0) is 35.9 Å². The van der Waals surface area contributed by atoms with Crippen molar-refractivity contribution in [1.29, 1.82) is 0 Å². The maximum atomic E-state index is 13.4. The van der Waals surface area contributed by atoms with Crippen LogP contribution < -0.4 is 5.32 Å². The van der Waals surface area contributed by atoms with E-state index >= 15 is 0 Å². The van der Waals surface area contributed by atoms with Gasteiger partial charge in [0, 0.05) is 36.4 Å². The number of hydrogen-bond acceptors (Lipinski definition) is 4. The lowest BCUT2D eigenvalue weighted by Gasteiger charge is -2.09. The van der Waals surface area contributed by atoms with Gasteiger partial charge in [0.05, 0.1) is 17.0 Å². The largest absolute Gasteiger partial charge is 0.383 e. The fourth-order valence-corrected chi connectivity index (χ4v) is 4.83. The Bertz CT molecular complexity index is 1310. The molecule has 0 saturated carbocycles. The monoisotopic (exact) mass is 434 g/mol. The number of hydrogen-bond donors (Lipinski definition) is 1. The van der Waals surface area contributed by atoms with Crippen LogP contribution in [0.15, 0.2) is 90.0 Å². The molecule has 0 fully saturated rings. The lowest BCUT2D eigenvalue weighted by atomic mass is 10.1. The van der Waals surface area contributed by atoms with Gasteiger partial charge in [0.15, 0.2) is 0 Å². The molecule has 0 spiro atoms. The maximum absolute atomic E-state index is 13.4. The Morgan fingerprint density at radius 3 is 2.32 bits per heavy atom. The van der Waals surface area contributed by atoms with Crippen molar-refractivity contribution in [1.82, 2.24) is 9.29 Å². The molecule has 0 aliphatic heterocycles. The second-order valence-corrected chi connectivity index (χ2v) is 8.81. The van der Waals surface area contributed by atoms with Crippen molar-refractivity contribution >= 4 is 26.8 Å². The van der Waals surface area contributed by atoms with Crippen molar-refractivity contribution in [3.05, 3.63) is 90.6 Å². The van der Waals surface area contributed by atoms with Gasteiger partial charge in [0.25, 0.3) is 15.9 Å². The number of fused-ring (bicyclic) bond motifs is 1. The molecule has 4 aromatic rings. The summed E-state index contributed by atoms with van der Waals surface area (Å²) in [6, 6.07) is 23.0. The van der Waals surface area contributed by atoms with Crippen LogP contribution in [-0.4, -0.2) is 38.6 Å². The molecule has 3 aromatic carbocycles. The first-order valence-corrected chi connectivity index (χ1v) is 11.2. The fourth-order valence-electron chi connectivity index (χ4n) is 3.46. The first-order chi connectivity index (χ1) is 15.0. The van der Waals surface area contributed by atoms with Gasteiger partial charge in [0.2, 0.25) is 0 Å². The molecule has 1 N–H and O–H groups in total. The van der Waals surface area contributed by atoms with E-state index in [1.807, 2.05) is 48.5 Å². The van der Waals surface area contributed by atoms with Crippen molar-refractivity contribution in [2.24, 2.45) is 0 Å². The number of ether oxygens (including phenoxy) is 1. The Balaban J connectivity index is 1.72. The van der Waals surface area contributed by atoms with E-state index in [0.29, 0.717) is 24.2 Å². The van der Waals surface area contributed by atoms with E-state index < -0.39 is 10.0 Å². The first-order valence-electron chi connectivity index (χ1n) is 9.80. The number of carbonyl (C=O) groups is 1. The average molecular weight is 435 g/mol. The van der Waals surface area contributed by atoms with E-state index in [9.17, 15) is 13.2 Å². The molecule has 0 radical (unpaired) electrons. The summed E-state index contributed by atoms with van der Waals surface area (Å²) in [6.07, 6.45) is 1.65. The number of nitrogens with zero attached hydrogens (tertiary/aromatic N) is 1. The molecular weight excluding hydrogens is 412 g/mol. The molecule has 0 bridgehead atoms. The molecule has 6 nitrogen and oxygen atoms in total. The minimum atomic E-state index is -3.85. The molecular formula is C24H22N2O4S. The Hall–Kier alpha value is -3.42. The highest BCUT2D eigenvalue weighted by atomic mass is 32.2. The number of para-hydroxylation sites is 1. The number of aromatic nitrogens is 1. The van der Waals surface area contributed by atoms with E-state index in [-0.39, 0.29) is 10.8 Å². The highest BCUT2D eigenvalue weighted by Crippen LogP contribution is 2.32. The number of rotatable bonds is 7. The van der Waals surface area contributed by atoms with Crippen molar-refractivity contribution in [2.75, 3.05) is 20.3 Å². The Morgan fingerprint density at radius 2 is 1.61 bits per heavy atom. The summed E-state index contributed by atoms with van der Waals surface area (Å²) in [7, 11) is -2.30. The summed E-state index contributed by atoms with van der Waals surface area (Å²) in [4.78, 5) is 12.3.